The number of nitrogens with one attached hydrogen (secondary N) is 1. The Kier molecular flexibility index (Phi) is 2.25. The van der Waals surface area contributed by atoms with Gasteiger partial charge >= 0.3 is 0 Å². The maximum Gasteiger partial charge on any atom is 0.264 e. The predicted octanol–water partition coefficient (Wildman–Crippen LogP) is 1.89. The van der Waals surface area contributed by atoms with Crippen molar-refractivity contribution in [1.29, 1.82) is 0 Å². The molecule has 1 radical (unpaired) electrons. The lowest BCUT2D eigenvalue weighted by atomic mass is 10.0. The van der Waals surface area contributed by atoms with Crippen LogP contribution in [0.2, 0.25) is 0 Å². The molecule has 1 heterocycles. The van der Waals surface area contributed by atoms with Gasteiger partial charge in [-0.3, -0.25) is 9.90 Å². The van der Waals surface area contributed by atoms with E-state index in [4.69, 9.17) is 0 Å². The van der Waals surface area contributed by atoms with Crippen LogP contribution in [-0.4, -0.2) is 10.2 Å². The van der Waals surface area contributed by atoms with Crippen molar-refractivity contribution in [2.24, 2.45) is 0 Å². The van der Waals surface area contributed by atoms with E-state index >= 15 is 0 Å². The molecule has 0 aliphatic rings. The molecule has 0 spiro atoms. The second kappa shape index (κ2) is 3.57. The third-order valence-electron chi connectivity index (χ3n) is 2.24. The van der Waals surface area contributed by atoms with Gasteiger partial charge < -0.3 is 0 Å². The zero-order valence-electron chi connectivity index (χ0n) is 8.15. The Bertz CT molecular complexity index is 526. The molecule has 0 fully saturated rings. The summed E-state index contributed by atoms with van der Waals surface area (Å²) in [7, 11) is 0. The number of benzene rings is 1. The summed E-state index contributed by atoms with van der Waals surface area (Å²) in [5.74, 6) is -0.0273. The van der Waals surface area contributed by atoms with Crippen LogP contribution in [0.3, 0.4) is 0 Å². The van der Waals surface area contributed by atoms with Gasteiger partial charge in [-0.2, -0.15) is 5.10 Å². The van der Waals surface area contributed by atoms with Crippen LogP contribution < -0.4 is 5.56 Å². The highest BCUT2D eigenvalue weighted by molar-refractivity contribution is 5.65. The maximum absolute atomic E-state index is 11.4. The van der Waals surface area contributed by atoms with Crippen LogP contribution in [0.1, 0.15) is 5.56 Å². The Labute approximate surface area is 86.2 Å². The van der Waals surface area contributed by atoms with Gasteiger partial charge in [0.05, 0.1) is 5.69 Å². The third kappa shape index (κ3) is 1.74. The number of hydrogen-bond donors (Lipinski definition) is 1. The monoisotopic (exact) mass is 201 g/mol. The van der Waals surface area contributed by atoms with Crippen molar-refractivity contribution in [2.45, 2.75) is 6.92 Å². The molecule has 1 aromatic carbocycles. The Morgan fingerprint density at radius 1 is 1.20 bits per heavy atom. The molecule has 2 aromatic rings. The van der Waals surface area contributed by atoms with Crippen LogP contribution in [-0.2, 0) is 5.11 Å². The molecule has 0 atom stereocenters. The SMILES string of the molecule is Cc1c([O])cccc1-c1ccc(=O)[nH]n1. The van der Waals surface area contributed by atoms with Crippen molar-refractivity contribution in [3.05, 3.63) is 46.2 Å². The maximum atomic E-state index is 11.4. The van der Waals surface area contributed by atoms with Crippen molar-refractivity contribution in [2.75, 3.05) is 0 Å². The minimum Gasteiger partial charge on any atom is -0.290 e. The highest BCUT2D eigenvalue weighted by atomic mass is 16.3. The van der Waals surface area contributed by atoms with Crippen molar-refractivity contribution < 1.29 is 5.11 Å². The first-order valence-corrected chi connectivity index (χ1v) is 4.51. The molecule has 75 valence electrons. The fourth-order valence-electron chi connectivity index (χ4n) is 1.39. The van der Waals surface area contributed by atoms with Gasteiger partial charge in [0.25, 0.3) is 5.56 Å². The number of nitrogens with zero attached hydrogens (tertiary/aromatic N) is 1. The lowest BCUT2D eigenvalue weighted by molar-refractivity contribution is 0.352. The minimum absolute atomic E-state index is 0.0273. The van der Waals surface area contributed by atoms with E-state index in [1.165, 1.54) is 12.1 Å². The zero-order valence-corrected chi connectivity index (χ0v) is 8.15. The van der Waals surface area contributed by atoms with Crippen LogP contribution in [0.5, 0.6) is 5.75 Å². The average Bonchev–Trinajstić information content (AvgIpc) is 2.24. The van der Waals surface area contributed by atoms with Crippen LogP contribution in [0.15, 0.2) is 35.1 Å². The summed E-state index contributed by atoms with van der Waals surface area (Å²) in [6, 6.07) is 7.97. The van der Waals surface area contributed by atoms with Crippen molar-refractivity contribution in [1.82, 2.24) is 10.2 Å². The van der Waals surface area contributed by atoms with Crippen molar-refractivity contribution >= 4 is 0 Å². The smallest absolute Gasteiger partial charge is 0.264 e. The van der Waals surface area contributed by atoms with Gasteiger partial charge in [0.1, 0.15) is 0 Å². The Morgan fingerprint density at radius 3 is 2.67 bits per heavy atom. The Morgan fingerprint density at radius 2 is 2.00 bits per heavy atom. The number of H-pyrrole nitrogens is 1. The molecule has 1 N–H and O–H groups in total. The fourth-order valence-corrected chi connectivity index (χ4v) is 1.39. The summed E-state index contributed by atoms with van der Waals surface area (Å²) in [4.78, 5) is 10.8. The Hall–Kier alpha value is -2.10. The predicted molar refractivity (Wildman–Crippen MR) is 55.2 cm³/mol. The Balaban J connectivity index is 2.59. The van der Waals surface area contributed by atoms with Crippen LogP contribution in [0.25, 0.3) is 11.3 Å². The van der Waals surface area contributed by atoms with Crippen molar-refractivity contribution in [3.63, 3.8) is 0 Å². The fraction of sp³-hybridized carbons (Fsp3) is 0.0909. The summed E-state index contributed by atoms with van der Waals surface area (Å²) in [5.41, 5.74) is 1.73. The quantitative estimate of drug-likeness (QED) is 0.765. The van der Waals surface area contributed by atoms with E-state index in [0.29, 0.717) is 11.3 Å². The largest absolute Gasteiger partial charge is 0.290 e. The third-order valence-corrected chi connectivity index (χ3v) is 2.24. The van der Waals surface area contributed by atoms with Crippen LogP contribution in [0, 0.1) is 6.92 Å². The van der Waals surface area contributed by atoms with Gasteiger partial charge in [-0.15, -0.1) is 0 Å². The second-order valence-corrected chi connectivity index (χ2v) is 3.24. The standard InChI is InChI=1S/C11H9N2O2/c1-7-8(3-2-4-10(7)14)9-5-6-11(15)13-12-9/h2-6H,1H3,(H,13,15). The lowest BCUT2D eigenvalue weighted by Gasteiger charge is -2.03. The van der Waals surface area contributed by atoms with Gasteiger partial charge in [0.2, 0.25) is 0 Å². The molecule has 4 heteroatoms. The summed E-state index contributed by atoms with van der Waals surface area (Å²) in [6.07, 6.45) is 0. The van der Waals surface area contributed by atoms with E-state index in [9.17, 15) is 9.90 Å². The molecule has 0 amide bonds. The number of aromatic amines is 1. The summed E-state index contributed by atoms with van der Waals surface area (Å²) in [5, 5.41) is 17.6. The van der Waals surface area contributed by atoms with Crippen molar-refractivity contribution in [3.8, 4) is 17.0 Å². The summed E-state index contributed by atoms with van der Waals surface area (Å²) in [6.45, 7) is 1.74. The van der Waals surface area contributed by atoms with Gasteiger partial charge in [0.15, 0.2) is 5.75 Å². The number of hydrogen-bond acceptors (Lipinski definition) is 2. The molecule has 0 aliphatic heterocycles. The van der Waals surface area contributed by atoms with Gasteiger partial charge in [0, 0.05) is 17.2 Å². The van der Waals surface area contributed by atoms with Crippen LogP contribution >= 0.6 is 0 Å². The molecule has 2 rings (SSSR count). The second-order valence-electron chi connectivity index (χ2n) is 3.24. The first-order chi connectivity index (χ1) is 7.18. The van der Waals surface area contributed by atoms with Gasteiger partial charge in [-0.1, -0.05) is 12.1 Å². The molecule has 4 nitrogen and oxygen atoms in total. The first kappa shape index (κ1) is 9.45. The first-order valence-electron chi connectivity index (χ1n) is 4.51. The summed E-state index contributed by atoms with van der Waals surface area (Å²) >= 11 is 0. The van der Waals surface area contributed by atoms with E-state index < -0.39 is 0 Å². The number of rotatable bonds is 1. The summed E-state index contributed by atoms with van der Waals surface area (Å²) < 4.78 is 0. The van der Waals surface area contributed by atoms with E-state index in [2.05, 4.69) is 10.2 Å². The number of aromatic nitrogens is 2. The molecule has 0 aliphatic carbocycles. The molecule has 0 unspecified atom stereocenters. The normalized spacial score (nSPS) is 10.2. The van der Waals surface area contributed by atoms with Crippen LogP contribution in [0.4, 0.5) is 0 Å². The van der Waals surface area contributed by atoms with E-state index in [1.807, 2.05) is 0 Å². The molecular weight excluding hydrogens is 192 g/mol. The molecule has 0 saturated carbocycles. The van der Waals surface area contributed by atoms with E-state index in [1.54, 1.807) is 25.1 Å². The van der Waals surface area contributed by atoms with Gasteiger partial charge in [-0.05, 0) is 19.1 Å². The zero-order chi connectivity index (χ0) is 10.8. The molecule has 15 heavy (non-hydrogen) atoms. The van der Waals surface area contributed by atoms with E-state index in [-0.39, 0.29) is 11.3 Å². The lowest BCUT2D eigenvalue weighted by Crippen LogP contribution is -2.05. The van der Waals surface area contributed by atoms with E-state index in [0.717, 1.165) is 5.56 Å². The average molecular weight is 201 g/mol. The highest BCUT2D eigenvalue weighted by Crippen LogP contribution is 2.27. The van der Waals surface area contributed by atoms with Gasteiger partial charge in [-0.25, -0.2) is 5.10 Å². The molecule has 0 bridgehead atoms. The molecular formula is C11H9N2O2. The topological polar surface area (TPSA) is 65.7 Å². The highest BCUT2D eigenvalue weighted by Gasteiger charge is 2.07. The molecule has 0 saturated heterocycles. The minimum atomic E-state index is -0.255. The molecule has 1 aromatic heterocycles.